The third-order valence-corrected chi connectivity index (χ3v) is 6.86. The molecule has 1 aromatic heterocycles. The van der Waals surface area contributed by atoms with Crippen molar-refractivity contribution in [1.29, 1.82) is 0 Å². The second-order valence-electron chi connectivity index (χ2n) is 7.68. The highest BCUT2D eigenvalue weighted by Gasteiger charge is 2.38. The molecule has 2 atom stereocenters. The van der Waals surface area contributed by atoms with E-state index in [0.29, 0.717) is 16.7 Å². The predicted octanol–water partition coefficient (Wildman–Crippen LogP) is 5.44. The number of carbonyl (C=O) groups excluding carboxylic acids is 1. The van der Waals surface area contributed by atoms with Gasteiger partial charge in [0.05, 0.1) is 11.1 Å². The summed E-state index contributed by atoms with van der Waals surface area (Å²) in [6.45, 7) is 2.01. The Morgan fingerprint density at radius 2 is 1.85 bits per heavy atom. The number of amides is 1. The van der Waals surface area contributed by atoms with Crippen molar-refractivity contribution in [3.05, 3.63) is 94.8 Å². The van der Waals surface area contributed by atoms with Crippen LogP contribution in [0.4, 0.5) is 10.1 Å². The van der Waals surface area contributed by atoms with Gasteiger partial charge < -0.3 is 10.7 Å². The van der Waals surface area contributed by atoms with E-state index >= 15 is 0 Å². The van der Waals surface area contributed by atoms with Crippen LogP contribution in [-0.4, -0.2) is 26.0 Å². The summed E-state index contributed by atoms with van der Waals surface area (Å²) in [5.74, 6) is -0.127. The van der Waals surface area contributed by atoms with Crippen molar-refractivity contribution in [2.24, 2.45) is 0 Å². The minimum absolute atomic E-state index is 0.0513. The molecule has 0 saturated carbocycles. The SMILES string of the molecule is Cc1ccc([C@H]2Nn3c(nnc3-c3ccccc3)S[C@@H]2C(=O)Nc2ccc(F)c(Cl)c2)cc1. The lowest BCUT2D eigenvalue weighted by Crippen LogP contribution is -2.41. The number of hydrogen-bond acceptors (Lipinski definition) is 5. The molecule has 0 spiro atoms. The van der Waals surface area contributed by atoms with E-state index in [2.05, 4.69) is 20.9 Å². The lowest BCUT2D eigenvalue weighted by Gasteiger charge is -2.33. The van der Waals surface area contributed by atoms with Crippen LogP contribution in [0.25, 0.3) is 11.4 Å². The molecule has 3 aromatic carbocycles. The van der Waals surface area contributed by atoms with Crippen LogP contribution < -0.4 is 10.7 Å². The van der Waals surface area contributed by atoms with Gasteiger partial charge in [-0.3, -0.25) is 4.79 Å². The minimum atomic E-state index is -0.558. The van der Waals surface area contributed by atoms with Crippen molar-refractivity contribution in [3.63, 3.8) is 0 Å². The van der Waals surface area contributed by atoms with Crippen LogP contribution >= 0.6 is 23.4 Å². The molecule has 9 heteroatoms. The van der Waals surface area contributed by atoms with E-state index in [-0.39, 0.29) is 17.0 Å². The first-order chi connectivity index (χ1) is 16.0. The number of halogens is 2. The van der Waals surface area contributed by atoms with Gasteiger partial charge in [0.15, 0.2) is 5.82 Å². The van der Waals surface area contributed by atoms with E-state index in [1.165, 1.54) is 30.0 Å². The zero-order chi connectivity index (χ0) is 22.9. The molecule has 2 heterocycles. The summed E-state index contributed by atoms with van der Waals surface area (Å²) in [5, 5.41) is 11.5. The maximum atomic E-state index is 13.5. The lowest BCUT2D eigenvalue weighted by molar-refractivity contribution is -0.116. The first-order valence-electron chi connectivity index (χ1n) is 10.3. The monoisotopic (exact) mass is 479 g/mol. The van der Waals surface area contributed by atoms with Gasteiger partial charge in [-0.05, 0) is 30.7 Å². The predicted molar refractivity (Wildman–Crippen MR) is 128 cm³/mol. The second kappa shape index (κ2) is 8.88. The molecular weight excluding hydrogens is 461 g/mol. The minimum Gasteiger partial charge on any atom is -0.325 e. The van der Waals surface area contributed by atoms with Crippen molar-refractivity contribution in [1.82, 2.24) is 14.9 Å². The van der Waals surface area contributed by atoms with E-state index < -0.39 is 11.1 Å². The Hall–Kier alpha value is -3.36. The van der Waals surface area contributed by atoms with Crippen LogP contribution in [0.3, 0.4) is 0 Å². The Morgan fingerprint density at radius 1 is 1.09 bits per heavy atom. The van der Waals surface area contributed by atoms with Gasteiger partial charge in [0.2, 0.25) is 11.1 Å². The lowest BCUT2D eigenvalue weighted by atomic mass is 10.0. The van der Waals surface area contributed by atoms with Crippen LogP contribution in [-0.2, 0) is 4.79 Å². The topological polar surface area (TPSA) is 71.8 Å². The normalized spacial score (nSPS) is 17.2. The Kier molecular flexibility index (Phi) is 5.78. The first-order valence-corrected chi connectivity index (χ1v) is 11.5. The summed E-state index contributed by atoms with van der Waals surface area (Å²) >= 11 is 7.21. The number of nitrogens with one attached hydrogen (secondary N) is 2. The van der Waals surface area contributed by atoms with Crippen molar-refractivity contribution in [3.8, 4) is 11.4 Å². The van der Waals surface area contributed by atoms with Gasteiger partial charge in [0, 0.05) is 11.3 Å². The molecule has 6 nitrogen and oxygen atoms in total. The Balaban J connectivity index is 1.50. The van der Waals surface area contributed by atoms with Crippen LogP contribution in [0.2, 0.25) is 5.02 Å². The standard InChI is InChI=1S/C24H19ClFN5OS/c1-14-7-9-15(10-8-14)20-21(23(32)27-17-11-12-19(26)18(25)13-17)33-24-29-28-22(31(24)30-20)16-5-3-2-4-6-16/h2-13,20-21,30H,1H3,(H,27,32)/t20-,21+/m1/s1. The highest BCUT2D eigenvalue weighted by atomic mass is 35.5. The molecule has 0 saturated heterocycles. The number of benzene rings is 3. The number of anilines is 1. The number of aromatic nitrogens is 3. The number of nitrogens with zero attached hydrogens (tertiary/aromatic N) is 3. The molecule has 1 amide bonds. The first kappa shape index (κ1) is 21.5. The number of thioether (sulfide) groups is 1. The molecular formula is C24H19ClFN5OS. The number of hydrogen-bond donors (Lipinski definition) is 2. The summed E-state index contributed by atoms with van der Waals surface area (Å²) in [6, 6.07) is 21.5. The summed E-state index contributed by atoms with van der Waals surface area (Å²) in [4.78, 5) is 13.3. The van der Waals surface area contributed by atoms with Crippen molar-refractivity contribution in [2.45, 2.75) is 23.4 Å². The molecule has 0 aliphatic carbocycles. The zero-order valence-electron chi connectivity index (χ0n) is 17.5. The molecule has 0 bridgehead atoms. The summed E-state index contributed by atoms with van der Waals surface area (Å²) in [5.41, 5.74) is 6.85. The number of fused-ring (bicyclic) bond motifs is 1. The molecule has 33 heavy (non-hydrogen) atoms. The van der Waals surface area contributed by atoms with Gasteiger partial charge in [0.1, 0.15) is 11.1 Å². The quantitative estimate of drug-likeness (QED) is 0.407. The Labute approximate surface area is 199 Å². The van der Waals surface area contributed by atoms with Gasteiger partial charge in [0.25, 0.3) is 0 Å². The molecule has 0 fully saturated rings. The summed E-state index contributed by atoms with van der Waals surface area (Å²) in [7, 11) is 0. The van der Waals surface area contributed by atoms with E-state index in [1.807, 2.05) is 66.2 Å². The fourth-order valence-electron chi connectivity index (χ4n) is 3.64. The van der Waals surface area contributed by atoms with Gasteiger partial charge >= 0.3 is 0 Å². The second-order valence-corrected chi connectivity index (χ2v) is 9.20. The third-order valence-electron chi connectivity index (χ3n) is 5.35. The molecule has 1 aliphatic rings. The Morgan fingerprint density at radius 3 is 2.58 bits per heavy atom. The molecule has 2 N–H and O–H groups in total. The van der Waals surface area contributed by atoms with Crippen LogP contribution in [0.1, 0.15) is 17.2 Å². The number of rotatable bonds is 4. The van der Waals surface area contributed by atoms with Gasteiger partial charge in [-0.15, -0.1) is 10.2 Å². The van der Waals surface area contributed by atoms with E-state index in [1.54, 1.807) is 0 Å². The molecule has 1 aliphatic heterocycles. The Bertz CT molecular complexity index is 1310. The van der Waals surface area contributed by atoms with Gasteiger partial charge in [-0.1, -0.05) is 83.5 Å². The van der Waals surface area contributed by atoms with E-state index in [9.17, 15) is 9.18 Å². The highest BCUT2D eigenvalue weighted by Crippen LogP contribution is 2.39. The largest absolute Gasteiger partial charge is 0.325 e. The number of carbonyl (C=O) groups is 1. The molecule has 4 aromatic rings. The average molecular weight is 480 g/mol. The zero-order valence-corrected chi connectivity index (χ0v) is 19.1. The summed E-state index contributed by atoms with van der Waals surface area (Å²) < 4.78 is 15.4. The summed E-state index contributed by atoms with van der Waals surface area (Å²) in [6.07, 6.45) is 0. The van der Waals surface area contributed by atoms with Crippen LogP contribution in [0.5, 0.6) is 0 Å². The third kappa shape index (κ3) is 4.31. The van der Waals surface area contributed by atoms with E-state index in [4.69, 9.17) is 11.6 Å². The van der Waals surface area contributed by atoms with Gasteiger partial charge in [-0.25, -0.2) is 9.07 Å². The number of aryl methyl sites for hydroxylation is 1. The molecule has 166 valence electrons. The fourth-order valence-corrected chi connectivity index (χ4v) is 4.90. The fraction of sp³-hybridized carbons (Fsp3) is 0.125. The van der Waals surface area contributed by atoms with E-state index in [0.717, 1.165) is 16.7 Å². The molecule has 5 rings (SSSR count). The highest BCUT2D eigenvalue weighted by molar-refractivity contribution is 8.00. The smallest absolute Gasteiger partial charge is 0.240 e. The maximum absolute atomic E-state index is 13.5. The van der Waals surface area contributed by atoms with Gasteiger partial charge in [-0.2, -0.15) is 0 Å². The average Bonchev–Trinajstić information content (AvgIpc) is 3.25. The van der Waals surface area contributed by atoms with Crippen molar-refractivity contribution >= 4 is 35.0 Å². The molecule has 0 unspecified atom stereocenters. The van der Waals surface area contributed by atoms with Crippen molar-refractivity contribution < 1.29 is 9.18 Å². The van der Waals surface area contributed by atoms with Crippen LogP contribution in [0, 0.1) is 12.7 Å². The molecule has 0 radical (unpaired) electrons. The van der Waals surface area contributed by atoms with Crippen LogP contribution in [0.15, 0.2) is 78.0 Å². The van der Waals surface area contributed by atoms with Crippen molar-refractivity contribution in [2.75, 3.05) is 10.7 Å². The maximum Gasteiger partial charge on any atom is 0.240 e.